The summed E-state index contributed by atoms with van der Waals surface area (Å²) >= 11 is 0. The number of amides is 1. The SMILES string of the molecule is CCOC(=O)[C@H]1O[C@@H]1C(=O)C[C@@H](CC(C)C)C(=O)NCC[C@@H](C)CO. The van der Waals surface area contributed by atoms with Crippen LogP contribution < -0.4 is 5.32 Å². The van der Waals surface area contributed by atoms with Crippen molar-refractivity contribution in [1.82, 2.24) is 5.32 Å². The lowest BCUT2D eigenvalue weighted by atomic mass is 9.90. The summed E-state index contributed by atoms with van der Waals surface area (Å²) in [5.74, 6) is -0.979. The molecule has 0 bridgehead atoms. The summed E-state index contributed by atoms with van der Waals surface area (Å²) in [4.78, 5) is 36.2. The van der Waals surface area contributed by atoms with Crippen molar-refractivity contribution in [3.8, 4) is 0 Å². The number of ether oxygens (including phenoxy) is 2. The Balaban J connectivity index is 2.51. The van der Waals surface area contributed by atoms with Crippen LogP contribution in [-0.2, 0) is 23.9 Å². The van der Waals surface area contributed by atoms with Gasteiger partial charge in [-0.2, -0.15) is 0 Å². The van der Waals surface area contributed by atoms with Crippen molar-refractivity contribution in [1.29, 1.82) is 0 Å². The summed E-state index contributed by atoms with van der Waals surface area (Å²) in [5.41, 5.74) is 0. The van der Waals surface area contributed by atoms with E-state index < -0.39 is 24.1 Å². The highest BCUT2D eigenvalue weighted by Gasteiger charge is 2.51. The van der Waals surface area contributed by atoms with Gasteiger partial charge in [-0.1, -0.05) is 20.8 Å². The number of hydrogen-bond acceptors (Lipinski definition) is 6. The molecule has 7 heteroatoms. The molecular formula is C18H31NO6. The number of nitrogens with one attached hydrogen (secondary N) is 1. The summed E-state index contributed by atoms with van der Waals surface area (Å²) < 4.78 is 9.96. The van der Waals surface area contributed by atoms with Gasteiger partial charge in [-0.25, -0.2) is 4.79 Å². The number of hydrogen-bond donors (Lipinski definition) is 2. The van der Waals surface area contributed by atoms with Crippen LogP contribution in [0.15, 0.2) is 0 Å². The fraction of sp³-hybridized carbons (Fsp3) is 0.833. The number of esters is 1. The Bertz CT molecular complexity index is 464. The van der Waals surface area contributed by atoms with E-state index in [9.17, 15) is 14.4 Å². The predicted octanol–water partition coefficient (Wildman–Crippen LogP) is 1.07. The Labute approximate surface area is 149 Å². The molecule has 1 aliphatic rings. The van der Waals surface area contributed by atoms with Crippen molar-refractivity contribution >= 4 is 17.7 Å². The molecule has 0 radical (unpaired) electrons. The third-order valence-electron chi connectivity index (χ3n) is 4.15. The molecule has 0 aromatic heterocycles. The van der Waals surface area contributed by atoms with E-state index in [1.165, 1.54) is 0 Å². The van der Waals surface area contributed by atoms with E-state index >= 15 is 0 Å². The van der Waals surface area contributed by atoms with Gasteiger partial charge < -0.3 is 19.9 Å². The van der Waals surface area contributed by atoms with Crippen molar-refractivity contribution in [3.05, 3.63) is 0 Å². The van der Waals surface area contributed by atoms with Gasteiger partial charge in [-0.05, 0) is 31.6 Å². The molecule has 1 aliphatic heterocycles. The highest BCUT2D eigenvalue weighted by atomic mass is 16.6. The summed E-state index contributed by atoms with van der Waals surface area (Å²) in [6, 6.07) is 0. The number of Topliss-reactive ketones (excluding diaryl/α,β-unsaturated/α-hetero) is 1. The number of aliphatic hydroxyl groups excluding tert-OH is 1. The highest BCUT2D eigenvalue weighted by Crippen LogP contribution is 2.28. The van der Waals surface area contributed by atoms with Crippen LogP contribution >= 0.6 is 0 Å². The molecule has 1 saturated heterocycles. The van der Waals surface area contributed by atoms with Gasteiger partial charge in [0.15, 0.2) is 18.0 Å². The molecule has 0 aliphatic carbocycles. The lowest BCUT2D eigenvalue weighted by Crippen LogP contribution is -2.35. The Morgan fingerprint density at radius 1 is 1.20 bits per heavy atom. The minimum absolute atomic E-state index is 0.0557. The molecule has 7 nitrogen and oxygen atoms in total. The standard InChI is InChI=1S/C18H31NO6/c1-5-24-18(23)16-15(25-16)14(21)9-13(8-11(2)3)17(22)19-7-6-12(4)10-20/h11-13,15-16,20H,5-10H2,1-4H3,(H,19,22)/t12-,13-,15-,16+/m1/s1. The van der Waals surface area contributed by atoms with Crippen LogP contribution in [0.25, 0.3) is 0 Å². The average Bonchev–Trinajstić information content (AvgIpc) is 3.34. The minimum Gasteiger partial charge on any atom is -0.464 e. The Morgan fingerprint density at radius 3 is 2.44 bits per heavy atom. The molecule has 0 aromatic carbocycles. The Morgan fingerprint density at radius 2 is 1.88 bits per heavy atom. The van der Waals surface area contributed by atoms with Gasteiger partial charge >= 0.3 is 5.97 Å². The van der Waals surface area contributed by atoms with Crippen LogP contribution in [0.3, 0.4) is 0 Å². The minimum atomic E-state index is -0.819. The molecule has 2 N–H and O–H groups in total. The first-order valence-electron chi connectivity index (χ1n) is 9.03. The van der Waals surface area contributed by atoms with Crippen LogP contribution in [0.2, 0.25) is 0 Å². The normalized spacial score (nSPS) is 21.5. The molecule has 4 atom stereocenters. The molecule has 1 heterocycles. The molecule has 1 fully saturated rings. The molecule has 0 aromatic rings. The van der Waals surface area contributed by atoms with E-state index in [-0.39, 0.29) is 43.2 Å². The van der Waals surface area contributed by atoms with Crippen molar-refractivity contribution in [2.75, 3.05) is 19.8 Å². The van der Waals surface area contributed by atoms with Gasteiger partial charge in [0.1, 0.15) is 0 Å². The first-order valence-corrected chi connectivity index (χ1v) is 9.03. The van der Waals surface area contributed by atoms with E-state index in [0.29, 0.717) is 19.4 Å². The average molecular weight is 357 g/mol. The van der Waals surface area contributed by atoms with Gasteiger partial charge in [-0.3, -0.25) is 9.59 Å². The zero-order valence-corrected chi connectivity index (χ0v) is 15.6. The van der Waals surface area contributed by atoms with Crippen LogP contribution in [0.4, 0.5) is 0 Å². The summed E-state index contributed by atoms with van der Waals surface area (Å²) in [5, 5.41) is 11.9. The Kier molecular flexibility index (Phi) is 9.06. The number of carbonyl (C=O) groups excluding carboxylic acids is 3. The third kappa shape index (κ3) is 7.52. The maximum absolute atomic E-state index is 12.4. The maximum atomic E-state index is 12.4. The van der Waals surface area contributed by atoms with Crippen molar-refractivity contribution in [2.45, 2.75) is 59.2 Å². The molecule has 25 heavy (non-hydrogen) atoms. The van der Waals surface area contributed by atoms with Crippen molar-refractivity contribution < 1.29 is 29.0 Å². The summed E-state index contributed by atoms with van der Waals surface area (Å²) in [7, 11) is 0. The third-order valence-corrected chi connectivity index (χ3v) is 4.15. The zero-order chi connectivity index (χ0) is 19.0. The Hall–Kier alpha value is -1.47. The topological polar surface area (TPSA) is 105 Å². The molecule has 1 rings (SSSR count). The number of rotatable bonds is 12. The first-order chi connectivity index (χ1) is 11.8. The molecule has 0 saturated carbocycles. The van der Waals surface area contributed by atoms with E-state index in [1.54, 1.807) is 6.92 Å². The van der Waals surface area contributed by atoms with Gasteiger partial charge in [-0.15, -0.1) is 0 Å². The highest BCUT2D eigenvalue weighted by molar-refractivity contribution is 5.96. The lowest BCUT2D eigenvalue weighted by Gasteiger charge is -2.18. The predicted molar refractivity (Wildman–Crippen MR) is 91.7 cm³/mol. The fourth-order valence-corrected chi connectivity index (χ4v) is 2.65. The van der Waals surface area contributed by atoms with Gasteiger partial charge in [0.25, 0.3) is 0 Å². The molecule has 1 amide bonds. The lowest BCUT2D eigenvalue weighted by molar-refractivity contribution is -0.144. The van der Waals surface area contributed by atoms with E-state index in [0.717, 1.165) is 0 Å². The summed E-state index contributed by atoms with van der Waals surface area (Å²) in [6.07, 6.45) is -0.276. The number of epoxide rings is 1. The van der Waals surface area contributed by atoms with Crippen molar-refractivity contribution in [3.63, 3.8) is 0 Å². The van der Waals surface area contributed by atoms with Crippen LogP contribution in [-0.4, -0.2) is 54.7 Å². The van der Waals surface area contributed by atoms with Gasteiger partial charge in [0, 0.05) is 25.5 Å². The number of aliphatic hydroxyl groups is 1. The number of carbonyl (C=O) groups is 3. The second-order valence-corrected chi connectivity index (χ2v) is 7.09. The molecule has 144 valence electrons. The summed E-state index contributed by atoms with van der Waals surface area (Å²) in [6.45, 7) is 8.37. The second kappa shape index (κ2) is 10.5. The maximum Gasteiger partial charge on any atom is 0.338 e. The van der Waals surface area contributed by atoms with Crippen molar-refractivity contribution in [2.24, 2.45) is 17.8 Å². The molecule has 0 spiro atoms. The second-order valence-electron chi connectivity index (χ2n) is 7.09. The van der Waals surface area contributed by atoms with E-state index in [1.807, 2.05) is 20.8 Å². The zero-order valence-electron chi connectivity index (χ0n) is 15.6. The van der Waals surface area contributed by atoms with E-state index in [2.05, 4.69) is 5.32 Å². The van der Waals surface area contributed by atoms with Gasteiger partial charge in [0.2, 0.25) is 5.91 Å². The monoisotopic (exact) mass is 357 g/mol. The largest absolute Gasteiger partial charge is 0.464 e. The molecular weight excluding hydrogens is 326 g/mol. The van der Waals surface area contributed by atoms with Crippen LogP contribution in [0.5, 0.6) is 0 Å². The van der Waals surface area contributed by atoms with E-state index in [4.69, 9.17) is 14.6 Å². The van der Waals surface area contributed by atoms with Crippen LogP contribution in [0.1, 0.15) is 47.0 Å². The number of ketones is 1. The fourth-order valence-electron chi connectivity index (χ4n) is 2.65. The quantitative estimate of drug-likeness (QED) is 0.400. The molecule has 0 unspecified atom stereocenters. The first kappa shape index (κ1) is 21.6. The van der Waals surface area contributed by atoms with Crippen LogP contribution in [0, 0.1) is 17.8 Å². The van der Waals surface area contributed by atoms with Gasteiger partial charge in [0.05, 0.1) is 6.61 Å². The smallest absolute Gasteiger partial charge is 0.338 e.